The minimum Gasteiger partial charge on any atom is -0.393 e. The van der Waals surface area contributed by atoms with Gasteiger partial charge in [-0.05, 0) is 24.8 Å². The first-order valence-corrected chi connectivity index (χ1v) is 5.90. The van der Waals surface area contributed by atoms with E-state index in [9.17, 15) is 14.5 Å². The second-order valence-corrected chi connectivity index (χ2v) is 4.82. The summed E-state index contributed by atoms with van der Waals surface area (Å²) in [4.78, 5) is 10.1. The van der Waals surface area contributed by atoms with E-state index in [1.54, 1.807) is 0 Å². The maximum Gasteiger partial charge on any atom is 0.295 e. The molecule has 0 amide bonds. The van der Waals surface area contributed by atoms with Crippen LogP contribution in [0.4, 0.5) is 15.8 Å². The number of aliphatic hydroxyl groups is 1. The number of hydrogen-bond acceptors (Lipinski definition) is 4. The van der Waals surface area contributed by atoms with E-state index in [0.29, 0.717) is 19.4 Å². The molecule has 0 bridgehead atoms. The molecule has 1 saturated carbocycles. The van der Waals surface area contributed by atoms with Gasteiger partial charge in [0.25, 0.3) is 5.69 Å². The SMILES string of the molecule is O=[N+]([O-])c1cc(F)c(Cl)cc1NCC1CC(O)C1. The van der Waals surface area contributed by atoms with Gasteiger partial charge in [0.15, 0.2) is 0 Å². The summed E-state index contributed by atoms with van der Waals surface area (Å²) in [6.45, 7) is 0.500. The van der Waals surface area contributed by atoms with Gasteiger partial charge in [-0.15, -0.1) is 0 Å². The van der Waals surface area contributed by atoms with Gasteiger partial charge >= 0.3 is 0 Å². The van der Waals surface area contributed by atoms with Gasteiger partial charge in [0.1, 0.15) is 11.5 Å². The average Bonchev–Trinajstić information content (AvgIpc) is 2.26. The van der Waals surface area contributed by atoms with Crippen LogP contribution in [0, 0.1) is 21.8 Å². The highest BCUT2D eigenvalue weighted by Gasteiger charge is 2.27. The Bertz CT molecular complexity index is 478. The predicted octanol–water partition coefficient (Wildman–Crippen LogP) is 2.57. The zero-order valence-electron chi connectivity index (χ0n) is 9.40. The van der Waals surface area contributed by atoms with E-state index in [0.717, 1.165) is 6.07 Å². The average molecular weight is 275 g/mol. The van der Waals surface area contributed by atoms with Crippen molar-refractivity contribution in [3.05, 3.63) is 33.1 Å². The largest absolute Gasteiger partial charge is 0.393 e. The Morgan fingerprint density at radius 2 is 2.22 bits per heavy atom. The number of anilines is 1. The van der Waals surface area contributed by atoms with Crippen molar-refractivity contribution < 1.29 is 14.4 Å². The number of nitro benzene ring substituents is 1. The molecule has 2 N–H and O–H groups in total. The van der Waals surface area contributed by atoms with Crippen LogP contribution in [-0.2, 0) is 0 Å². The Labute approximate surface area is 108 Å². The molecule has 5 nitrogen and oxygen atoms in total. The summed E-state index contributed by atoms with van der Waals surface area (Å²) in [5.41, 5.74) is -0.135. The van der Waals surface area contributed by atoms with Crippen molar-refractivity contribution in [3.8, 4) is 0 Å². The fourth-order valence-corrected chi connectivity index (χ4v) is 2.11. The van der Waals surface area contributed by atoms with Crippen molar-refractivity contribution in [1.82, 2.24) is 0 Å². The molecular weight excluding hydrogens is 263 g/mol. The molecule has 0 aromatic heterocycles. The van der Waals surface area contributed by atoms with Crippen molar-refractivity contribution in [2.75, 3.05) is 11.9 Å². The Kier molecular flexibility index (Phi) is 3.68. The van der Waals surface area contributed by atoms with Crippen LogP contribution in [0.3, 0.4) is 0 Å². The second kappa shape index (κ2) is 5.07. The van der Waals surface area contributed by atoms with Gasteiger partial charge in [-0.25, -0.2) is 4.39 Å². The monoisotopic (exact) mass is 274 g/mol. The lowest BCUT2D eigenvalue weighted by Crippen LogP contribution is -2.33. The molecule has 0 aliphatic heterocycles. The molecule has 18 heavy (non-hydrogen) atoms. The summed E-state index contributed by atoms with van der Waals surface area (Å²) in [7, 11) is 0. The third kappa shape index (κ3) is 2.70. The van der Waals surface area contributed by atoms with Crippen LogP contribution in [0.25, 0.3) is 0 Å². The minimum atomic E-state index is -0.812. The zero-order chi connectivity index (χ0) is 13.3. The summed E-state index contributed by atoms with van der Waals surface area (Å²) in [5, 5.41) is 22.6. The quantitative estimate of drug-likeness (QED) is 0.653. The van der Waals surface area contributed by atoms with E-state index in [4.69, 9.17) is 16.7 Å². The third-order valence-corrected chi connectivity index (χ3v) is 3.32. The molecule has 2 rings (SSSR count). The smallest absolute Gasteiger partial charge is 0.295 e. The number of benzene rings is 1. The third-order valence-electron chi connectivity index (χ3n) is 3.03. The number of nitro groups is 1. The van der Waals surface area contributed by atoms with Gasteiger partial charge < -0.3 is 10.4 Å². The number of halogens is 2. The first kappa shape index (κ1) is 13.0. The number of nitrogens with one attached hydrogen (secondary N) is 1. The number of hydrogen-bond donors (Lipinski definition) is 2. The molecule has 98 valence electrons. The Hall–Kier alpha value is -1.40. The van der Waals surface area contributed by atoms with Crippen molar-refractivity contribution in [3.63, 3.8) is 0 Å². The standard InChI is InChI=1S/C11H12ClFN2O3/c12-8-3-10(11(15(17)18)4-9(8)13)14-5-6-1-7(16)2-6/h3-4,6-7,14,16H,1-2,5H2. The van der Waals surface area contributed by atoms with E-state index < -0.39 is 10.7 Å². The molecule has 1 aromatic rings. The maximum absolute atomic E-state index is 13.1. The van der Waals surface area contributed by atoms with Gasteiger partial charge in [0.2, 0.25) is 0 Å². The summed E-state index contributed by atoms with van der Waals surface area (Å²) in [6.07, 6.45) is 1.08. The van der Waals surface area contributed by atoms with Crippen molar-refractivity contribution >= 4 is 23.0 Å². The molecule has 1 aliphatic rings. The Morgan fingerprint density at radius 3 is 2.78 bits per heavy atom. The van der Waals surface area contributed by atoms with Crippen LogP contribution in [0.2, 0.25) is 5.02 Å². The molecule has 0 heterocycles. The van der Waals surface area contributed by atoms with Crippen LogP contribution in [0.1, 0.15) is 12.8 Å². The first-order chi connectivity index (χ1) is 8.47. The fourth-order valence-electron chi connectivity index (χ4n) is 1.95. The minimum absolute atomic E-state index is 0.156. The molecule has 0 saturated heterocycles. The van der Waals surface area contributed by atoms with E-state index in [2.05, 4.69) is 5.32 Å². The topological polar surface area (TPSA) is 75.4 Å². The van der Waals surface area contributed by atoms with Gasteiger partial charge in [0.05, 0.1) is 22.1 Å². The summed E-state index contributed by atoms with van der Waals surface area (Å²) >= 11 is 5.60. The van der Waals surface area contributed by atoms with Crippen molar-refractivity contribution in [1.29, 1.82) is 0 Å². The fraction of sp³-hybridized carbons (Fsp3) is 0.455. The maximum atomic E-state index is 13.1. The van der Waals surface area contributed by atoms with E-state index >= 15 is 0 Å². The lowest BCUT2D eigenvalue weighted by Gasteiger charge is -2.31. The van der Waals surface area contributed by atoms with E-state index in [1.165, 1.54) is 6.07 Å². The van der Waals surface area contributed by atoms with Crippen LogP contribution in [-0.4, -0.2) is 22.7 Å². The molecule has 1 aliphatic carbocycles. The lowest BCUT2D eigenvalue weighted by atomic mass is 9.82. The first-order valence-electron chi connectivity index (χ1n) is 5.52. The van der Waals surface area contributed by atoms with Crippen LogP contribution >= 0.6 is 11.6 Å². The van der Waals surface area contributed by atoms with Crippen LogP contribution < -0.4 is 5.32 Å². The highest BCUT2D eigenvalue weighted by Crippen LogP contribution is 2.32. The second-order valence-electron chi connectivity index (χ2n) is 4.41. The lowest BCUT2D eigenvalue weighted by molar-refractivity contribution is -0.384. The van der Waals surface area contributed by atoms with Gasteiger partial charge in [0, 0.05) is 6.54 Å². The molecular formula is C11H12ClFN2O3. The molecule has 0 unspecified atom stereocenters. The molecule has 0 atom stereocenters. The number of nitrogens with zero attached hydrogens (tertiary/aromatic N) is 1. The summed E-state index contributed by atoms with van der Waals surface area (Å²) in [6, 6.07) is 2.02. The summed E-state index contributed by atoms with van der Waals surface area (Å²) in [5.74, 6) is -0.531. The molecule has 1 fully saturated rings. The molecule has 0 radical (unpaired) electrons. The normalized spacial score (nSPS) is 22.4. The Morgan fingerprint density at radius 1 is 1.56 bits per heavy atom. The van der Waals surface area contributed by atoms with Crippen molar-refractivity contribution in [2.24, 2.45) is 5.92 Å². The predicted molar refractivity (Wildman–Crippen MR) is 65.3 cm³/mol. The van der Waals surface area contributed by atoms with E-state index in [-0.39, 0.29) is 28.4 Å². The zero-order valence-corrected chi connectivity index (χ0v) is 10.2. The summed E-state index contributed by atoms with van der Waals surface area (Å²) < 4.78 is 13.1. The van der Waals surface area contributed by atoms with Crippen LogP contribution in [0.15, 0.2) is 12.1 Å². The molecule has 1 aromatic carbocycles. The van der Waals surface area contributed by atoms with Crippen molar-refractivity contribution in [2.45, 2.75) is 18.9 Å². The Balaban J connectivity index is 2.10. The number of rotatable bonds is 4. The highest BCUT2D eigenvalue weighted by atomic mass is 35.5. The van der Waals surface area contributed by atoms with Crippen LogP contribution in [0.5, 0.6) is 0 Å². The van der Waals surface area contributed by atoms with Gasteiger partial charge in [-0.3, -0.25) is 10.1 Å². The van der Waals surface area contributed by atoms with Gasteiger partial charge in [-0.1, -0.05) is 11.6 Å². The van der Waals surface area contributed by atoms with Gasteiger partial charge in [-0.2, -0.15) is 0 Å². The van der Waals surface area contributed by atoms with E-state index in [1.807, 2.05) is 0 Å². The highest BCUT2D eigenvalue weighted by molar-refractivity contribution is 6.31. The molecule has 0 spiro atoms. The molecule has 7 heteroatoms. The number of aliphatic hydroxyl groups excluding tert-OH is 1.